The van der Waals surface area contributed by atoms with Gasteiger partial charge in [-0.15, -0.1) is 0 Å². The molecule has 2 rings (SSSR count). The first kappa shape index (κ1) is 17.7. The first-order valence-electron chi connectivity index (χ1n) is 8.72. The average Bonchev–Trinajstić information content (AvgIpc) is 3.05. The molecule has 0 spiro atoms. The molecule has 1 saturated carbocycles. The lowest BCUT2D eigenvalue weighted by atomic mass is 9.69. The van der Waals surface area contributed by atoms with Crippen molar-refractivity contribution in [2.75, 3.05) is 13.2 Å². The molecule has 0 amide bonds. The number of nitrogens with zero attached hydrogens (tertiary/aromatic N) is 1. The van der Waals surface area contributed by atoms with Gasteiger partial charge in [0.15, 0.2) is 5.11 Å². The summed E-state index contributed by atoms with van der Waals surface area (Å²) in [5.74, 6) is 0.820. The molecular weight excluding hydrogens is 294 g/mol. The van der Waals surface area contributed by atoms with Crippen molar-refractivity contribution in [3.63, 3.8) is 0 Å². The van der Waals surface area contributed by atoms with Crippen LogP contribution in [0.3, 0.4) is 0 Å². The lowest BCUT2D eigenvalue weighted by Gasteiger charge is -2.36. The predicted molar refractivity (Wildman–Crippen MR) is 96.2 cm³/mol. The highest BCUT2D eigenvalue weighted by Gasteiger charge is 2.30. The van der Waals surface area contributed by atoms with Gasteiger partial charge in [0, 0.05) is 18.9 Å². The molecule has 1 saturated heterocycles. The Morgan fingerprint density at radius 2 is 2.05 bits per heavy atom. The maximum absolute atomic E-state index is 5.57. The third-order valence-electron chi connectivity index (χ3n) is 5.41. The molecule has 2 fully saturated rings. The lowest BCUT2D eigenvalue weighted by molar-refractivity contribution is 0.114. The molecule has 2 aliphatic rings. The van der Waals surface area contributed by atoms with E-state index in [0.29, 0.717) is 16.6 Å². The highest BCUT2D eigenvalue weighted by molar-refractivity contribution is 7.80. The number of thiocarbonyl (C=S) groups is 1. The SMILES string of the molecule is CCC(C)(C)C1CCC(=NNC(=S)NC[C@@H]2CCCO2)CC1. The van der Waals surface area contributed by atoms with Crippen molar-refractivity contribution in [2.45, 2.75) is 71.8 Å². The fourth-order valence-corrected chi connectivity index (χ4v) is 3.44. The fraction of sp³-hybridized carbons (Fsp3) is 0.882. The highest BCUT2D eigenvalue weighted by Crippen LogP contribution is 2.39. The van der Waals surface area contributed by atoms with E-state index in [4.69, 9.17) is 17.0 Å². The molecule has 5 heteroatoms. The number of nitrogens with one attached hydrogen (secondary N) is 2. The van der Waals surface area contributed by atoms with E-state index in [9.17, 15) is 0 Å². The van der Waals surface area contributed by atoms with Crippen LogP contribution in [-0.2, 0) is 4.74 Å². The Morgan fingerprint density at radius 3 is 2.64 bits per heavy atom. The normalized spacial score (nSPS) is 25.9. The standard InChI is InChI=1S/C17H31N3OS/c1-4-17(2,3)13-7-9-14(10-8-13)19-20-16(22)18-12-15-6-5-11-21-15/h13,15H,4-12H2,1-3H3,(H2,18,20,22)/t13?,15-/m0/s1. The van der Waals surface area contributed by atoms with Crippen LogP contribution in [0.5, 0.6) is 0 Å². The zero-order valence-electron chi connectivity index (χ0n) is 14.3. The Balaban J connectivity index is 1.67. The highest BCUT2D eigenvalue weighted by atomic mass is 32.1. The fourth-order valence-electron chi connectivity index (χ4n) is 3.31. The quantitative estimate of drug-likeness (QED) is 0.599. The molecule has 0 aromatic rings. The molecule has 4 nitrogen and oxygen atoms in total. The summed E-state index contributed by atoms with van der Waals surface area (Å²) in [5.41, 5.74) is 4.71. The first-order valence-corrected chi connectivity index (χ1v) is 9.13. The van der Waals surface area contributed by atoms with Gasteiger partial charge >= 0.3 is 0 Å². The average molecular weight is 326 g/mol. The van der Waals surface area contributed by atoms with Gasteiger partial charge in [0.1, 0.15) is 0 Å². The molecule has 126 valence electrons. The summed E-state index contributed by atoms with van der Waals surface area (Å²) >= 11 is 5.27. The van der Waals surface area contributed by atoms with Crippen LogP contribution in [-0.4, -0.2) is 30.1 Å². The van der Waals surface area contributed by atoms with Gasteiger partial charge in [-0.2, -0.15) is 5.10 Å². The Labute approximate surface area is 140 Å². The first-order chi connectivity index (χ1) is 10.5. The van der Waals surface area contributed by atoms with E-state index in [-0.39, 0.29) is 0 Å². The minimum absolute atomic E-state index is 0.305. The number of ether oxygens (including phenoxy) is 1. The van der Waals surface area contributed by atoms with Gasteiger partial charge in [-0.1, -0.05) is 27.2 Å². The Hall–Kier alpha value is -0.680. The second-order valence-electron chi connectivity index (χ2n) is 7.25. The van der Waals surface area contributed by atoms with Gasteiger partial charge < -0.3 is 10.1 Å². The Bertz CT molecular complexity index is 393. The van der Waals surface area contributed by atoms with Crippen LogP contribution in [0.15, 0.2) is 5.10 Å². The van der Waals surface area contributed by atoms with E-state index in [0.717, 1.165) is 44.8 Å². The Morgan fingerprint density at radius 1 is 1.32 bits per heavy atom. The van der Waals surface area contributed by atoms with Gasteiger partial charge in [-0.3, -0.25) is 5.43 Å². The summed E-state index contributed by atoms with van der Waals surface area (Å²) in [4.78, 5) is 0. The summed E-state index contributed by atoms with van der Waals surface area (Å²) < 4.78 is 5.57. The minimum Gasteiger partial charge on any atom is -0.376 e. The molecule has 0 bridgehead atoms. The van der Waals surface area contributed by atoms with E-state index in [1.807, 2.05) is 0 Å². The molecular formula is C17H31N3OS. The van der Waals surface area contributed by atoms with Crippen LogP contribution in [0.2, 0.25) is 0 Å². The molecule has 0 aromatic heterocycles. The summed E-state index contributed by atoms with van der Waals surface area (Å²) in [5, 5.41) is 8.30. The summed E-state index contributed by atoms with van der Waals surface area (Å²) in [7, 11) is 0. The number of hydrogen-bond acceptors (Lipinski definition) is 3. The third-order valence-corrected chi connectivity index (χ3v) is 5.64. The zero-order valence-corrected chi connectivity index (χ0v) is 15.1. The van der Waals surface area contributed by atoms with Crippen LogP contribution in [0.25, 0.3) is 0 Å². The van der Waals surface area contributed by atoms with Crippen molar-refractivity contribution in [3.8, 4) is 0 Å². The minimum atomic E-state index is 0.305. The van der Waals surface area contributed by atoms with Gasteiger partial charge in [-0.05, 0) is 62.1 Å². The molecule has 0 unspecified atom stereocenters. The molecule has 1 aliphatic carbocycles. The van der Waals surface area contributed by atoms with Crippen LogP contribution in [0.4, 0.5) is 0 Å². The van der Waals surface area contributed by atoms with Crippen molar-refractivity contribution in [3.05, 3.63) is 0 Å². The molecule has 2 N–H and O–H groups in total. The van der Waals surface area contributed by atoms with Gasteiger partial charge in [-0.25, -0.2) is 0 Å². The van der Waals surface area contributed by atoms with Gasteiger partial charge in [0.25, 0.3) is 0 Å². The molecule has 1 atom stereocenters. The lowest BCUT2D eigenvalue weighted by Crippen LogP contribution is -2.38. The largest absolute Gasteiger partial charge is 0.376 e. The predicted octanol–water partition coefficient (Wildman–Crippen LogP) is 3.61. The summed E-state index contributed by atoms with van der Waals surface area (Å²) in [6.45, 7) is 8.74. The number of hydrazone groups is 1. The van der Waals surface area contributed by atoms with E-state index in [2.05, 4.69) is 36.6 Å². The van der Waals surface area contributed by atoms with E-state index >= 15 is 0 Å². The van der Waals surface area contributed by atoms with E-state index in [1.165, 1.54) is 25.0 Å². The van der Waals surface area contributed by atoms with Crippen molar-refractivity contribution in [1.29, 1.82) is 0 Å². The molecule has 0 radical (unpaired) electrons. The second-order valence-corrected chi connectivity index (χ2v) is 7.66. The van der Waals surface area contributed by atoms with Crippen molar-refractivity contribution >= 4 is 23.0 Å². The molecule has 22 heavy (non-hydrogen) atoms. The van der Waals surface area contributed by atoms with E-state index < -0.39 is 0 Å². The van der Waals surface area contributed by atoms with Gasteiger partial charge in [0.2, 0.25) is 0 Å². The van der Waals surface area contributed by atoms with Crippen molar-refractivity contribution in [1.82, 2.24) is 10.7 Å². The smallest absolute Gasteiger partial charge is 0.187 e. The maximum atomic E-state index is 5.57. The topological polar surface area (TPSA) is 45.7 Å². The van der Waals surface area contributed by atoms with Crippen LogP contribution >= 0.6 is 12.2 Å². The molecule has 1 heterocycles. The summed E-state index contributed by atoms with van der Waals surface area (Å²) in [6.07, 6.45) is 8.52. The molecule has 1 aliphatic heterocycles. The van der Waals surface area contributed by atoms with Crippen LogP contribution in [0.1, 0.15) is 65.7 Å². The summed E-state index contributed by atoms with van der Waals surface area (Å²) in [6, 6.07) is 0. The van der Waals surface area contributed by atoms with E-state index in [1.54, 1.807) is 0 Å². The number of rotatable bonds is 5. The maximum Gasteiger partial charge on any atom is 0.187 e. The van der Waals surface area contributed by atoms with Crippen molar-refractivity contribution < 1.29 is 4.74 Å². The third kappa shape index (κ3) is 5.20. The monoisotopic (exact) mass is 325 g/mol. The number of hydrogen-bond donors (Lipinski definition) is 2. The van der Waals surface area contributed by atoms with Gasteiger partial charge in [0.05, 0.1) is 6.10 Å². The zero-order chi connectivity index (χ0) is 16.0. The molecule has 0 aromatic carbocycles. The Kier molecular flexibility index (Phi) is 6.63. The van der Waals surface area contributed by atoms with Crippen LogP contribution < -0.4 is 10.7 Å². The second kappa shape index (κ2) is 8.25. The van der Waals surface area contributed by atoms with Crippen molar-refractivity contribution in [2.24, 2.45) is 16.4 Å². The van der Waals surface area contributed by atoms with Crippen LogP contribution in [0, 0.1) is 11.3 Å².